The van der Waals surface area contributed by atoms with Crippen LogP contribution in [0.4, 0.5) is 11.4 Å². The van der Waals surface area contributed by atoms with Crippen LogP contribution in [0.25, 0.3) is 0 Å². The van der Waals surface area contributed by atoms with E-state index in [-0.39, 0.29) is 7.12 Å². The SMILES string of the molecule is CC(C)c1cccc(C(C)C)c1N1C=CN(c2c(C(C)C)cccc2C(C)C)B1[n+]1ccccc1. The Labute approximate surface area is 213 Å². The Morgan fingerprint density at radius 3 is 1.17 bits per heavy atom. The number of nitrogens with zero attached hydrogens (tertiary/aromatic N) is 3. The second-order valence-electron chi connectivity index (χ2n) is 11.0. The van der Waals surface area contributed by atoms with E-state index in [0.29, 0.717) is 23.7 Å². The number of hydrogen-bond donors (Lipinski definition) is 0. The van der Waals surface area contributed by atoms with Crippen LogP contribution in [0.5, 0.6) is 0 Å². The number of para-hydroxylation sites is 2. The number of aromatic nitrogens is 1. The quantitative estimate of drug-likeness (QED) is 0.329. The molecule has 0 unspecified atom stereocenters. The van der Waals surface area contributed by atoms with E-state index in [1.54, 1.807) is 0 Å². The smallest absolute Gasteiger partial charge is 0.302 e. The first-order chi connectivity index (χ1) is 16.7. The van der Waals surface area contributed by atoms with Crippen LogP contribution in [0.15, 0.2) is 79.4 Å². The highest BCUT2D eigenvalue weighted by Crippen LogP contribution is 2.41. The maximum Gasteiger partial charge on any atom is 0.760 e. The molecule has 0 fully saturated rings. The highest BCUT2D eigenvalue weighted by molar-refractivity contribution is 6.61. The fourth-order valence-electron chi connectivity index (χ4n) is 5.28. The number of anilines is 2. The molecule has 0 radical (unpaired) electrons. The molecular formula is C31H41BN3+. The minimum Gasteiger partial charge on any atom is -0.302 e. The van der Waals surface area contributed by atoms with Crippen LogP contribution in [0.2, 0.25) is 0 Å². The van der Waals surface area contributed by atoms with Crippen LogP contribution < -0.4 is 14.1 Å². The topological polar surface area (TPSA) is 10.4 Å². The van der Waals surface area contributed by atoms with E-state index >= 15 is 0 Å². The zero-order valence-electron chi connectivity index (χ0n) is 22.7. The Kier molecular flexibility index (Phi) is 7.40. The van der Waals surface area contributed by atoms with Gasteiger partial charge in [0.05, 0.1) is 0 Å². The minimum absolute atomic E-state index is 0.0222. The van der Waals surface area contributed by atoms with Crippen molar-refractivity contribution in [1.29, 1.82) is 0 Å². The maximum atomic E-state index is 2.49. The molecule has 0 amide bonds. The number of benzene rings is 2. The van der Waals surface area contributed by atoms with E-state index in [1.165, 1.54) is 33.6 Å². The van der Waals surface area contributed by atoms with Crippen molar-refractivity contribution in [2.45, 2.75) is 79.1 Å². The molecule has 3 nitrogen and oxygen atoms in total. The lowest BCUT2D eigenvalue weighted by Gasteiger charge is -2.31. The predicted octanol–water partition coefficient (Wildman–Crippen LogP) is 7.80. The van der Waals surface area contributed by atoms with Crippen molar-refractivity contribution in [3.63, 3.8) is 0 Å². The van der Waals surface area contributed by atoms with Crippen molar-refractivity contribution in [1.82, 2.24) is 0 Å². The summed E-state index contributed by atoms with van der Waals surface area (Å²) in [6.07, 6.45) is 8.97. The molecule has 3 aromatic rings. The van der Waals surface area contributed by atoms with Gasteiger partial charge in [0.1, 0.15) is 12.4 Å². The van der Waals surface area contributed by atoms with Crippen molar-refractivity contribution < 1.29 is 4.48 Å². The second-order valence-corrected chi connectivity index (χ2v) is 11.0. The number of rotatable bonds is 7. The molecule has 2 heterocycles. The molecule has 0 saturated carbocycles. The fourth-order valence-corrected chi connectivity index (χ4v) is 5.28. The molecule has 35 heavy (non-hydrogen) atoms. The van der Waals surface area contributed by atoms with Crippen molar-refractivity contribution in [2.75, 3.05) is 9.62 Å². The van der Waals surface area contributed by atoms with Gasteiger partial charge in [-0.3, -0.25) is 0 Å². The minimum atomic E-state index is -0.0222. The molecular weight excluding hydrogens is 425 g/mol. The third kappa shape index (κ3) is 4.76. The third-order valence-corrected chi connectivity index (χ3v) is 7.09. The Bertz CT molecular complexity index is 1060. The van der Waals surface area contributed by atoms with Crippen LogP contribution in [0.3, 0.4) is 0 Å². The average molecular weight is 467 g/mol. The van der Waals surface area contributed by atoms with Crippen molar-refractivity contribution >= 4 is 18.5 Å². The van der Waals surface area contributed by atoms with Crippen molar-refractivity contribution in [3.8, 4) is 0 Å². The van der Waals surface area contributed by atoms with Gasteiger partial charge in [0.15, 0.2) is 0 Å². The summed E-state index contributed by atoms with van der Waals surface area (Å²) in [6, 6.07) is 20.0. The third-order valence-electron chi connectivity index (χ3n) is 7.09. The van der Waals surface area contributed by atoms with E-state index in [4.69, 9.17) is 0 Å². The summed E-state index contributed by atoms with van der Waals surface area (Å²) in [7, 11) is -0.0222. The number of hydrogen-bond acceptors (Lipinski definition) is 2. The molecule has 4 rings (SSSR count). The van der Waals surface area contributed by atoms with Crippen molar-refractivity contribution in [3.05, 3.63) is 102 Å². The fraction of sp³-hybridized carbons (Fsp3) is 0.387. The first kappa shape index (κ1) is 25.1. The summed E-state index contributed by atoms with van der Waals surface area (Å²) in [6.45, 7) is 18.4. The van der Waals surface area contributed by atoms with Crippen molar-refractivity contribution in [2.24, 2.45) is 0 Å². The Morgan fingerprint density at radius 2 is 0.857 bits per heavy atom. The Hall–Kier alpha value is -3.01. The van der Waals surface area contributed by atoms with Gasteiger partial charge in [-0.05, 0) is 58.1 Å². The molecule has 1 aliphatic rings. The second kappa shape index (κ2) is 10.3. The van der Waals surface area contributed by atoms with Gasteiger partial charge in [0, 0.05) is 23.8 Å². The lowest BCUT2D eigenvalue weighted by molar-refractivity contribution is -0.538. The van der Waals surface area contributed by atoms with Crippen LogP contribution >= 0.6 is 0 Å². The van der Waals surface area contributed by atoms with Gasteiger partial charge < -0.3 is 9.62 Å². The van der Waals surface area contributed by atoms with Gasteiger partial charge in [-0.25, -0.2) is 4.48 Å². The van der Waals surface area contributed by atoms with Crippen LogP contribution in [0, 0.1) is 0 Å². The van der Waals surface area contributed by atoms with Crippen LogP contribution in [-0.2, 0) is 0 Å². The standard InChI is InChI=1S/C31H41BN3/c1-22(2)26-14-12-15-27(23(3)4)30(26)34-20-21-35(32(34)33-18-10-9-11-19-33)31-28(24(5)6)16-13-17-29(31)25(7)8/h9-25H,1-8H3/q+1. The summed E-state index contributed by atoms with van der Waals surface area (Å²) in [4.78, 5) is 4.98. The summed E-state index contributed by atoms with van der Waals surface area (Å²) in [5, 5.41) is 0. The van der Waals surface area contributed by atoms with Gasteiger partial charge in [0.2, 0.25) is 0 Å². The summed E-state index contributed by atoms with van der Waals surface area (Å²) < 4.78 is 2.34. The molecule has 0 aliphatic carbocycles. The van der Waals surface area contributed by atoms with E-state index in [2.05, 4.69) is 149 Å². The first-order valence-corrected chi connectivity index (χ1v) is 13.2. The van der Waals surface area contributed by atoms with Gasteiger partial charge >= 0.3 is 7.12 Å². The van der Waals surface area contributed by atoms with Gasteiger partial charge in [-0.15, -0.1) is 0 Å². The first-order valence-electron chi connectivity index (χ1n) is 13.2. The predicted molar refractivity (Wildman–Crippen MR) is 151 cm³/mol. The highest BCUT2D eigenvalue weighted by Gasteiger charge is 2.50. The van der Waals surface area contributed by atoms with E-state index in [9.17, 15) is 0 Å². The molecule has 0 spiro atoms. The summed E-state index contributed by atoms with van der Waals surface area (Å²) in [5.41, 5.74) is 8.25. The largest absolute Gasteiger partial charge is 0.760 e. The van der Waals surface area contributed by atoms with Gasteiger partial charge in [0.25, 0.3) is 0 Å². The molecule has 0 saturated heterocycles. The monoisotopic (exact) mass is 466 g/mol. The van der Waals surface area contributed by atoms with E-state index < -0.39 is 0 Å². The van der Waals surface area contributed by atoms with E-state index in [1.807, 2.05) is 0 Å². The normalized spacial score (nSPS) is 13.9. The van der Waals surface area contributed by atoms with Crippen LogP contribution in [-0.4, -0.2) is 7.12 Å². The highest BCUT2D eigenvalue weighted by atomic mass is 15.3. The molecule has 1 aromatic heterocycles. The molecule has 2 aromatic carbocycles. The summed E-state index contributed by atoms with van der Waals surface area (Å²) in [5.74, 6) is 1.73. The average Bonchev–Trinajstić information content (AvgIpc) is 3.27. The maximum absolute atomic E-state index is 2.49. The molecule has 0 bridgehead atoms. The summed E-state index contributed by atoms with van der Waals surface area (Å²) >= 11 is 0. The van der Waals surface area contributed by atoms with E-state index in [0.717, 1.165) is 0 Å². The zero-order chi connectivity index (χ0) is 25.3. The molecule has 0 atom stereocenters. The van der Waals surface area contributed by atoms with Crippen LogP contribution in [0.1, 0.15) is 101 Å². The Morgan fingerprint density at radius 1 is 0.514 bits per heavy atom. The zero-order valence-corrected chi connectivity index (χ0v) is 22.7. The molecule has 4 heteroatoms. The van der Waals surface area contributed by atoms with Gasteiger partial charge in [-0.2, -0.15) is 0 Å². The lowest BCUT2D eigenvalue weighted by atomic mass is 9.80. The van der Waals surface area contributed by atoms with Gasteiger partial charge in [-0.1, -0.05) is 97.9 Å². The molecule has 1 aliphatic heterocycles. The molecule has 182 valence electrons. The number of pyridine rings is 1. The Balaban J connectivity index is 1.98. The lowest BCUT2D eigenvalue weighted by Crippen LogP contribution is -2.66. The molecule has 0 N–H and O–H groups in total.